The summed E-state index contributed by atoms with van der Waals surface area (Å²) in [7, 11) is -1.39. The molecule has 0 aromatic carbocycles. The van der Waals surface area contributed by atoms with Crippen molar-refractivity contribution in [2.75, 3.05) is 44.8 Å². The van der Waals surface area contributed by atoms with Gasteiger partial charge in [0.2, 0.25) is 0 Å². The van der Waals surface area contributed by atoms with E-state index < -0.39 is 9.84 Å². The number of nitrogens with zero attached hydrogens (tertiary/aromatic N) is 2. The molecule has 20 heavy (non-hydrogen) atoms. The first-order valence-electron chi connectivity index (χ1n) is 7.19. The highest BCUT2D eigenvalue weighted by Crippen LogP contribution is 2.20. The second kappa shape index (κ2) is 6.41. The highest BCUT2D eigenvalue weighted by atomic mass is 32.2. The molecule has 0 bridgehead atoms. The first-order valence-corrected chi connectivity index (χ1v) is 9.01. The van der Waals surface area contributed by atoms with Gasteiger partial charge >= 0.3 is 5.97 Å². The van der Waals surface area contributed by atoms with E-state index >= 15 is 0 Å². The largest absolute Gasteiger partial charge is 0.468 e. The van der Waals surface area contributed by atoms with Crippen LogP contribution in [0.5, 0.6) is 0 Å². The minimum absolute atomic E-state index is 0.187. The lowest BCUT2D eigenvalue weighted by Crippen LogP contribution is -2.52. The molecule has 1 unspecified atom stereocenters. The van der Waals surface area contributed by atoms with Gasteiger partial charge in [-0.15, -0.1) is 0 Å². The number of methoxy groups -OCH3 is 1. The smallest absolute Gasteiger partial charge is 0.322 e. The summed E-state index contributed by atoms with van der Waals surface area (Å²) >= 11 is 0. The standard InChI is InChI=1S/C13H24N2O4S/c1-11(13(16)19-2)14-5-3-12(4-6-14)15-7-9-20(17,18)10-8-15/h11-12H,3-10H2,1-2H3. The molecule has 0 aromatic heterocycles. The molecule has 0 aromatic rings. The quantitative estimate of drug-likeness (QED) is 0.670. The van der Waals surface area contributed by atoms with Crippen molar-refractivity contribution in [2.45, 2.75) is 31.8 Å². The Hall–Kier alpha value is -0.660. The Balaban J connectivity index is 1.81. The number of hydrogen-bond acceptors (Lipinski definition) is 6. The van der Waals surface area contributed by atoms with E-state index in [2.05, 4.69) is 9.80 Å². The molecular formula is C13H24N2O4S. The molecule has 2 aliphatic rings. The van der Waals surface area contributed by atoms with Crippen LogP contribution in [0.4, 0.5) is 0 Å². The fourth-order valence-corrected chi connectivity index (χ4v) is 4.28. The van der Waals surface area contributed by atoms with Gasteiger partial charge in [-0.3, -0.25) is 14.6 Å². The van der Waals surface area contributed by atoms with E-state index in [4.69, 9.17) is 4.74 Å². The molecule has 2 rings (SSSR count). The zero-order valence-electron chi connectivity index (χ0n) is 12.2. The van der Waals surface area contributed by atoms with Gasteiger partial charge < -0.3 is 4.74 Å². The van der Waals surface area contributed by atoms with E-state index in [0.717, 1.165) is 25.9 Å². The van der Waals surface area contributed by atoms with E-state index in [1.807, 2.05) is 6.92 Å². The van der Waals surface area contributed by atoms with Crippen LogP contribution in [0.3, 0.4) is 0 Å². The van der Waals surface area contributed by atoms with Gasteiger partial charge in [0.25, 0.3) is 0 Å². The Labute approximate surface area is 121 Å². The summed E-state index contributed by atoms with van der Waals surface area (Å²) in [4.78, 5) is 16.0. The number of rotatable bonds is 3. The van der Waals surface area contributed by atoms with Crippen LogP contribution in [-0.4, -0.2) is 81.1 Å². The molecule has 1 atom stereocenters. The number of sulfone groups is 1. The summed E-state index contributed by atoms with van der Waals surface area (Å²) in [5, 5.41) is 0. The number of likely N-dealkylation sites (tertiary alicyclic amines) is 1. The van der Waals surface area contributed by atoms with Gasteiger partial charge in [0.1, 0.15) is 6.04 Å². The molecule has 0 spiro atoms. The predicted molar refractivity (Wildman–Crippen MR) is 76.3 cm³/mol. The third kappa shape index (κ3) is 3.71. The maximum atomic E-state index is 11.5. The van der Waals surface area contributed by atoms with Crippen molar-refractivity contribution >= 4 is 15.8 Å². The predicted octanol–water partition coefficient (Wildman–Crippen LogP) is -0.257. The van der Waals surface area contributed by atoms with E-state index in [1.165, 1.54) is 7.11 Å². The van der Waals surface area contributed by atoms with Crippen LogP contribution in [-0.2, 0) is 19.4 Å². The fourth-order valence-electron chi connectivity index (χ4n) is 3.05. The zero-order valence-corrected chi connectivity index (χ0v) is 13.1. The van der Waals surface area contributed by atoms with E-state index in [9.17, 15) is 13.2 Å². The molecule has 0 saturated carbocycles. The first-order chi connectivity index (χ1) is 9.43. The van der Waals surface area contributed by atoms with Crippen LogP contribution < -0.4 is 0 Å². The Morgan fingerprint density at radius 3 is 2.20 bits per heavy atom. The van der Waals surface area contributed by atoms with E-state index in [0.29, 0.717) is 19.1 Å². The molecule has 2 saturated heterocycles. The van der Waals surface area contributed by atoms with Crippen LogP contribution >= 0.6 is 0 Å². The Morgan fingerprint density at radius 1 is 1.15 bits per heavy atom. The molecular weight excluding hydrogens is 280 g/mol. The van der Waals surface area contributed by atoms with Crippen LogP contribution in [0.15, 0.2) is 0 Å². The molecule has 7 heteroatoms. The molecule has 2 fully saturated rings. The van der Waals surface area contributed by atoms with Gasteiger partial charge in [-0.1, -0.05) is 0 Å². The lowest BCUT2D eigenvalue weighted by molar-refractivity contribution is -0.147. The normalized spacial score (nSPS) is 27.1. The highest BCUT2D eigenvalue weighted by molar-refractivity contribution is 7.91. The van der Waals surface area contributed by atoms with Crippen molar-refractivity contribution in [1.29, 1.82) is 0 Å². The Bertz CT molecular complexity index is 429. The second-order valence-electron chi connectivity index (χ2n) is 5.65. The van der Waals surface area contributed by atoms with Gasteiger partial charge in [-0.05, 0) is 19.8 Å². The maximum Gasteiger partial charge on any atom is 0.322 e. The molecule has 0 aliphatic carbocycles. The van der Waals surface area contributed by atoms with Gasteiger partial charge in [-0.2, -0.15) is 0 Å². The zero-order chi connectivity index (χ0) is 14.8. The van der Waals surface area contributed by atoms with Crippen molar-refractivity contribution in [3.8, 4) is 0 Å². The Morgan fingerprint density at radius 2 is 1.70 bits per heavy atom. The van der Waals surface area contributed by atoms with Crippen molar-refractivity contribution < 1.29 is 17.9 Å². The number of carbonyl (C=O) groups excluding carboxylic acids is 1. The number of ether oxygens (including phenoxy) is 1. The van der Waals surface area contributed by atoms with Crippen LogP contribution in [0.2, 0.25) is 0 Å². The van der Waals surface area contributed by atoms with Crippen molar-refractivity contribution in [3.63, 3.8) is 0 Å². The van der Waals surface area contributed by atoms with Crippen LogP contribution in [0.1, 0.15) is 19.8 Å². The van der Waals surface area contributed by atoms with Gasteiger partial charge in [0, 0.05) is 32.2 Å². The van der Waals surface area contributed by atoms with Crippen LogP contribution in [0, 0.1) is 0 Å². The monoisotopic (exact) mass is 304 g/mol. The minimum atomic E-state index is -2.81. The van der Waals surface area contributed by atoms with E-state index in [-0.39, 0.29) is 23.5 Å². The van der Waals surface area contributed by atoms with Crippen molar-refractivity contribution in [1.82, 2.24) is 9.80 Å². The van der Waals surface area contributed by atoms with Gasteiger partial charge in [0.05, 0.1) is 18.6 Å². The summed E-state index contributed by atoms with van der Waals surface area (Å²) < 4.78 is 27.7. The third-order valence-electron chi connectivity index (χ3n) is 4.48. The summed E-state index contributed by atoms with van der Waals surface area (Å²) in [6.07, 6.45) is 1.97. The van der Waals surface area contributed by atoms with E-state index in [1.54, 1.807) is 0 Å². The highest BCUT2D eigenvalue weighted by Gasteiger charge is 2.32. The summed E-state index contributed by atoms with van der Waals surface area (Å²) in [5.74, 6) is 0.380. The fraction of sp³-hybridized carbons (Fsp3) is 0.923. The lowest BCUT2D eigenvalue weighted by atomic mass is 10.0. The molecule has 0 N–H and O–H groups in total. The average Bonchev–Trinajstić information content (AvgIpc) is 2.46. The first kappa shape index (κ1) is 15.7. The minimum Gasteiger partial charge on any atom is -0.468 e. The third-order valence-corrected chi connectivity index (χ3v) is 6.09. The molecule has 0 radical (unpaired) electrons. The Kier molecular flexibility index (Phi) is 5.04. The van der Waals surface area contributed by atoms with Gasteiger partial charge in [-0.25, -0.2) is 8.42 Å². The lowest BCUT2D eigenvalue weighted by Gasteiger charge is -2.41. The summed E-state index contributed by atoms with van der Waals surface area (Å²) in [6.45, 7) is 4.91. The topological polar surface area (TPSA) is 66.9 Å². The second-order valence-corrected chi connectivity index (χ2v) is 7.96. The van der Waals surface area contributed by atoms with Crippen molar-refractivity contribution in [3.05, 3.63) is 0 Å². The summed E-state index contributed by atoms with van der Waals surface area (Å²) in [6, 6.07) is 0.259. The molecule has 2 heterocycles. The molecule has 0 amide bonds. The summed E-state index contributed by atoms with van der Waals surface area (Å²) in [5.41, 5.74) is 0. The number of esters is 1. The number of hydrogen-bond donors (Lipinski definition) is 0. The number of carbonyl (C=O) groups is 1. The molecule has 6 nitrogen and oxygen atoms in total. The van der Waals surface area contributed by atoms with Gasteiger partial charge in [0.15, 0.2) is 9.84 Å². The molecule has 2 aliphatic heterocycles. The molecule has 116 valence electrons. The number of piperidine rings is 1. The van der Waals surface area contributed by atoms with Crippen LogP contribution in [0.25, 0.3) is 0 Å². The van der Waals surface area contributed by atoms with Crippen molar-refractivity contribution in [2.24, 2.45) is 0 Å². The average molecular weight is 304 g/mol. The SMILES string of the molecule is COC(=O)C(C)N1CCC(N2CCS(=O)(=O)CC2)CC1. The maximum absolute atomic E-state index is 11.5.